The highest BCUT2D eigenvalue weighted by Gasteiger charge is 2.56. The zero-order chi connectivity index (χ0) is 16.6. The van der Waals surface area contributed by atoms with Gasteiger partial charge in [-0.3, -0.25) is 0 Å². The number of nitrogens with zero attached hydrogens (tertiary/aromatic N) is 1. The molecule has 0 aromatic heterocycles. The zero-order valence-electron chi connectivity index (χ0n) is 13.0. The average Bonchev–Trinajstić information content (AvgIpc) is 3.41. The first-order chi connectivity index (χ1) is 11.7. The fraction of sp³-hybridized carbons (Fsp3) is 0.100. The molecule has 0 spiro atoms. The van der Waals surface area contributed by atoms with E-state index in [0.717, 1.165) is 11.1 Å². The van der Waals surface area contributed by atoms with Gasteiger partial charge in [-0.2, -0.15) is 4.31 Å². The molecule has 3 aromatic rings. The van der Waals surface area contributed by atoms with Crippen LogP contribution in [0.15, 0.2) is 95.9 Å². The topological polar surface area (TPSA) is 37.1 Å². The Labute approximate surface area is 142 Å². The van der Waals surface area contributed by atoms with Crippen molar-refractivity contribution in [1.29, 1.82) is 0 Å². The maximum atomic E-state index is 13.1. The Morgan fingerprint density at radius 1 is 0.583 bits per heavy atom. The predicted molar refractivity (Wildman–Crippen MR) is 93.8 cm³/mol. The monoisotopic (exact) mass is 335 g/mol. The van der Waals surface area contributed by atoms with Gasteiger partial charge in [-0.05, 0) is 23.3 Å². The van der Waals surface area contributed by atoms with Gasteiger partial charge in [0.05, 0.1) is 17.0 Å². The lowest BCUT2D eigenvalue weighted by Crippen LogP contribution is -2.13. The van der Waals surface area contributed by atoms with Crippen molar-refractivity contribution >= 4 is 10.0 Å². The van der Waals surface area contributed by atoms with Crippen LogP contribution in [0.25, 0.3) is 0 Å². The Morgan fingerprint density at radius 2 is 0.958 bits per heavy atom. The molecule has 1 unspecified atom stereocenters. The molecule has 24 heavy (non-hydrogen) atoms. The summed E-state index contributed by atoms with van der Waals surface area (Å²) < 4.78 is 27.8. The fourth-order valence-corrected chi connectivity index (χ4v) is 4.95. The smallest absolute Gasteiger partial charge is 0.207 e. The molecular formula is C20H17NO2S. The van der Waals surface area contributed by atoms with Gasteiger partial charge >= 0.3 is 0 Å². The van der Waals surface area contributed by atoms with Gasteiger partial charge in [0.1, 0.15) is 0 Å². The summed E-state index contributed by atoms with van der Waals surface area (Å²) in [7, 11) is -3.53. The maximum absolute atomic E-state index is 13.1. The van der Waals surface area contributed by atoms with Crippen molar-refractivity contribution in [3.8, 4) is 0 Å². The van der Waals surface area contributed by atoms with Gasteiger partial charge in [0.15, 0.2) is 0 Å². The van der Waals surface area contributed by atoms with Crippen LogP contribution < -0.4 is 0 Å². The molecule has 3 atom stereocenters. The second-order valence-corrected chi connectivity index (χ2v) is 7.70. The molecule has 1 fully saturated rings. The molecule has 4 rings (SSSR count). The number of rotatable bonds is 4. The van der Waals surface area contributed by atoms with Crippen LogP contribution in [0, 0.1) is 0 Å². The van der Waals surface area contributed by atoms with Gasteiger partial charge in [-0.15, -0.1) is 0 Å². The largest absolute Gasteiger partial charge is 0.244 e. The number of hydrogen-bond donors (Lipinski definition) is 0. The lowest BCUT2D eigenvalue weighted by molar-refractivity contribution is 0.547. The Kier molecular flexibility index (Phi) is 3.71. The second-order valence-electron chi connectivity index (χ2n) is 5.86. The summed E-state index contributed by atoms with van der Waals surface area (Å²) in [6, 6.07) is 28.0. The molecular weight excluding hydrogens is 318 g/mol. The fourth-order valence-electron chi connectivity index (χ4n) is 3.18. The normalized spacial score (nSPS) is 22.9. The average molecular weight is 335 g/mol. The van der Waals surface area contributed by atoms with E-state index in [1.54, 1.807) is 28.6 Å². The van der Waals surface area contributed by atoms with Gasteiger partial charge in [0.2, 0.25) is 10.0 Å². The molecule has 1 heterocycles. The van der Waals surface area contributed by atoms with Crippen LogP contribution >= 0.6 is 0 Å². The van der Waals surface area contributed by atoms with Crippen molar-refractivity contribution in [1.82, 2.24) is 4.31 Å². The Balaban J connectivity index is 1.78. The summed E-state index contributed by atoms with van der Waals surface area (Å²) in [5, 5.41) is 0. The minimum atomic E-state index is -3.53. The van der Waals surface area contributed by atoms with E-state index in [2.05, 4.69) is 0 Å². The second kappa shape index (κ2) is 5.89. The van der Waals surface area contributed by atoms with Crippen molar-refractivity contribution in [3.05, 3.63) is 102 Å². The first kappa shape index (κ1) is 15.1. The van der Waals surface area contributed by atoms with E-state index >= 15 is 0 Å². The lowest BCUT2D eigenvalue weighted by Gasteiger charge is -2.07. The molecule has 0 N–H and O–H groups in total. The van der Waals surface area contributed by atoms with Crippen molar-refractivity contribution in [2.24, 2.45) is 0 Å². The van der Waals surface area contributed by atoms with E-state index in [9.17, 15) is 8.42 Å². The first-order valence-electron chi connectivity index (χ1n) is 7.88. The molecule has 1 aliphatic heterocycles. The van der Waals surface area contributed by atoms with Crippen LogP contribution in [-0.4, -0.2) is 12.7 Å². The van der Waals surface area contributed by atoms with E-state index in [1.807, 2.05) is 66.7 Å². The Hall–Kier alpha value is -2.43. The minimum absolute atomic E-state index is 0.154. The van der Waals surface area contributed by atoms with Gasteiger partial charge in [0.25, 0.3) is 0 Å². The molecule has 0 radical (unpaired) electrons. The Morgan fingerprint density at radius 3 is 1.38 bits per heavy atom. The molecule has 0 bridgehead atoms. The lowest BCUT2D eigenvalue weighted by atomic mass is 10.0. The number of benzene rings is 3. The van der Waals surface area contributed by atoms with E-state index in [1.165, 1.54) is 0 Å². The van der Waals surface area contributed by atoms with Gasteiger partial charge in [0, 0.05) is 0 Å². The molecule has 4 heteroatoms. The van der Waals surface area contributed by atoms with Crippen LogP contribution in [0.2, 0.25) is 0 Å². The molecule has 3 aromatic carbocycles. The van der Waals surface area contributed by atoms with E-state index in [-0.39, 0.29) is 12.1 Å². The first-order valence-corrected chi connectivity index (χ1v) is 9.32. The maximum Gasteiger partial charge on any atom is 0.244 e. The third-order valence-electron chi connectivity index (χ3n) is 4.36. The van der Waals surface area contributed by atoms with Crippen molar-refractivity contribution < 1.29 is 8.42 Å². The summed E-state index contributed by atoms with van der Waals surface area (Å²) in [6.07, 6.45) is 0. The standard InChI is InChI=1S/C20H17NO2S/c22-24(23,18-14-8-3-9-15-18)21-19(16-10-4-1-5-11-16)20(21)17-12-6-2-7-13-17/h1-15,19-20H/t19-,20+,21?. The molecule has 0 aliphatic carbocycles. The van der Waals surface area contributed by atoms with Gasteiger partial charge in [-0.1, -0.05) is 78.9 Å². The number of hydrogen-bond acceptors (Lipinski definition) is 2. The summed E-state index contributed by atoms with van der Waals surface area (Å²) in [4.78, 5) is 0.337. The van der Waals surface area contributed by atoms with E-state index < -0.39 is 10.0 Å². The summed E-state index contributed by atoms with van der Waals surface area (Å²) in [5.74, 6) is 0. The van der Waals surface area contributed by atoms with Crippen LogP contribution in [0.4, 0.5) is 0 Å². The van der Waals surface area contributed by atoms with Crippen molar-refractivity contribution in [2.45, 2.75) is 17.0 Å². The van der Waals surface area contributed by atoms with Gasteiger partial charge in [-0.25, -0.2) is 8.42 Å². The minimum Gasteiger partial charge on any atom is -0.207 e. The Bertz CT molecular complexity index is 880. The van der Waals surface area contributed by atoms with Crippen LogP contribution in [0.5, 0.6) is 0 Å². The molecule has 1 aliphatic rings. The van der Waals surface area contributed by atoms with Crippen LogP contribution in [0.1, 0.15) is 23.2 Å². The van der Waals surface area contributed by atoms with Crippen LogP contribution in [0.3, 0.4) is 0 Å². The van der Waals surface area contributed by atoms with Crippen molar-refractivity contribution in [3.63, 3.8) is 0 Å². The molecule has 0 amide bonds. The van der Waals surface area contributed by atoms with Crippen LogP contribution in [-0.2, 0) is 10.0 Å². The number of sulfonamides is 1. The summed E-state index contributed by atoms with van der Waals surface area (Å²) in [5.41, 5.74) is 2.04. The highest BCUT2D eigenvalue weighted by atomic mass is 32.2. The summed E-state index contributed by atoms with van der Waals surface area (Å²) >= 11 is 0. The molecule has 120 valence electrons. The SMILES string of the molecule is O=S(=O)(c1ccccc1)N1[C@H](c2ccccc2)[C@@H]1c1ccccc1. The summed E-state index contributed by atoms with van der Waals surface area (Å²) in [6.45, 7) is 0. The van der Waals surface area contributed by atoms with E-state index in [4.69, 9.17) is 0 Å². The van der Waals surface area contributed by atoms with E-state index in [0.29, 0.717) is 4.90 Å². The third-order valence-corrected chi connectivity index (χ3v) is 6.24. The van der Waals surface area contributed by atoms with Crippen molar-refractivity contribution in [2.75, 3.05) is 0 Å². The quantitative estimate of drug-likeness (QED) is 0.671. The third kappa shape index (κ3) is 2.54. The molecule has 1 saturated heterocycles. The zero-order valence-corrected chi connectivity index (χ0v) is 13.8. The highest BCUT2D eigenvalue weighted by molar-refractivity contribution is 7.89. The highest BCUT2D eigenvalue weighted by Crippen LogP contribution is 2.57. The predicted octanol–water partition coefficient (Wildman–Crippen LogP) is 4.17. The molecule has 3 nitrogen and oxygen atoms in total. The molecule has 0 saturated carbocycles. The van der Waals surface area contributed by atoms with Gasteiger partial charge < -0.3 is 0 Å².